The van der Waals surface area contributed by atoms with Gasteiger partial charge < -0.3 is 1.43 Å². The van der Waals surface area contributed by atoms with Crippen molar-refractivity contribution in [2.45, 2.75) is 36.6 Å². The minimum atomic E-state index is -0.171. The molecule has 0 N–H and O–H groups in total. The van der Waals surface area contributed by atoms with Gasteiger partial charge in [0, 0.05) is 0 Å². The molecule has 0 radical (unpaired) electrons. The first-order valence-corrected chi connectivity index (χ1v) is 5.80. The maximum atomic E-state index is 2.32. The fourth-order valence-corrected chi connectivity index (χ4v) is 2.60. The molecule has 44 valence electrons. The van der Waals surface area contributed by atoms with Crippen LogP contribution in [0.1, 0.15) is 22.2 Å². The Morgan fingerprint density at radius 2 is 1.25 bits per heavy atom. The molecule has 0 fully saturated rings. The molecule has 0 aliphatic carbocycles. The van der Waals surface area contributed by atoms with Crippen molar-refractivity contribution in [3.63, 3.8) is 0 Å². The van der Waals surface area contributed by atoms with Gasteiger partial charge in [-0.2, -0.15) is 0 Å². The van der Waals surface area contributed by atoms with Gasteiger partial charge in [0.05, 0.1) is 0 Å². The molecular formula is C6H16AlLi. The largest absolute Gasteiger partial charge is 1.00 e. The van der Waals surface area contributed by atoms with Crippen molar-refractivity contribution >= 4 is 14.1 Å². The van der Waals surface area contributed by atoms with Gasteiger partial charge >= 0.3 is 18.9 Å². The van der Waals surface area contributed by atoms with E-state index in [0.717, 1.165) is 0 Å². The summed E-state index contributed by atoms with van der Waals surface area (Å²) < 4.78 is 0. The third-order valence-electron chi connectivity index (χ3n) is 1.73. The van der Waals surface area contributed by atoms with E-state index in [1.54, 1.807) is 0 Å². The maximum Gasteiger partial charge on any atom is 1.00 e. The van der Waals surface area contributed by atoms with Crippen LogP contribution in [0.5, 0.6) is 0 Å². The summed E-state index contributed by atoms with van der Waals surface area (Å²) in [6, 6.07) is 0. The third-order valence-corrected chi connectivity index (χ3v) is 5.20. The molecule has 0 aromatic rings. The van der Waals surface area contributed by atoms with Crippen molar-refractivity contribution in [2.24, 2.45) is 0 Å². The van der Waals surface area contributed by atoms with Crippen LogP contribution >= 0.6 is 0 Å². The summed E-state index contributed by atoms with van der Waals surface area (Å²) in [6.07, 6.45) is 0. The van der Waals surface area contributed by atoms with E-state index >= 15 is 0 Å². The van der Waals surface area contributed by atoms with Gasteiger partial charge in [-0.3, -0.25) is 0 Å². The summed E-state index contributed by atoms with van der Waals surface area (Å²) in [5, 5.41) is 4.48. The van der Waals surface area contributed by atoms with Gasteiger partial charge in [-0.25, -0.2) is 0 Å². The first kappa shape index (κ1) is 11.9. The Balaban J connectivity index is -0.000000180. The minimum Gasteiger partial charge on any atom is -1.00 e. The average Bonchev–Trinajstić information content (AvgIpc) is 1.72. The van der Waals surface area contributed by atoms with Gasteiger partial charge in [-0.05, 0) is 0 Å². The SMILES string of the molecule is C[CH2][Al]([CH2]C)[CH2]C.[H-].[Li+]. The molecule has 0 saturated heterocycles. The number of hydrogen-bond donors (Lipinski definition) is 0. The summed E-state index contributed by atoms with van der Waals surface area (Å²) >= 11 is -0.171. The van der Waals surface area contributed by atoms with E-state index in [2.05, 4.69) is 20.8 Å². The maximum absolute atomic E-state index is 2.32. The Morgan fingerprint density at radius 3 is 1.25 bits per heavy atom. The molecule has 0 amide bonds. The standard InChI is InChI=1S/3C2H5.Al.Li.H/c3*1-2;;;/h3*1H2,2H3;;;/q;;;;+1;-1. The molecule has 0 unspecified atom stereocenters. The van der Waals surface area contributed by atoms with Crippen LogP contribution in [-0.4, -0.2) is 14.1 Å². The summed E-state index contributed by atoms with van der Waals surface area (Å²) in [6.45, 7) is 6.97. The smallest absolute Gasteiger partial charge is 1.00 e. The van der Waals surface area contributed by atoms with E-state index in [0.29, 0.717) is 0 Å². The second-order valence-corrected chi connectivity index (χ2v) is 6.27. The summed E-state index contributed by atoms with van der Waals surface area (Å²) in [5.41, 5.74) is 0. The molecule has 8 heavy (non-hydrogen) atoms. The van der Waals surface area contributed by atoms with Crippen LogP contribution in [0, 0.1) is 0 Å². The Morgan fingerprint density at radius 1 is 1.00 bits per heavy atom. The Kier molecular flexibility index (Phi) is 12.1. The molecule has 0 aromatic heterocycles. The van der Waals surface area contributed by atoms with E-state index in [1.165, 1.54) is 15.8 Å². The van der Waals surface area contributed by atoms with Gasteiger partial charge in [0.25, 0.3) is 14.1 Å². The van der Waals surface area contributed by atoms with E-state index in [4.69, 9.17) is 0 Å². The van der Waals surface area contributed by atoms with Gasteiger partial charge in [0.2, 0.25) is 0 Å². The Hall–Kier alpha value is 1.13. The van der Waals surface area contributed by atoms with E-state index < -0.39 is 0 Å². The first-order valence-electron chi connectivity index (χ1n) is 3.35. The van der Waals surface area contributed by atoms with Crippen molar-refractivity contribution < 1.29 is 20.3 Å². The van der Waals surface area contributed by atoms with Crippen LogP contribution in [0.2, 0.25) is 15.8 Å². The summed E-state index contributed by atoms with van der Waals surface area (Å²) in [5.74, 6) is 0. The molecule has 0 spiro atoms. The second kappa shape index (κ2) is 8.13. The molecule has 0 aromatic carbocycles. The van der Waals surface area contributed by atoms with Crippen molar-refractivity contribution in [2.75, 3.05) is 0 Å². The first-order chi connectivity index (χ1) is 3.35. The van der Waals surface area contributed by atoms with E-state index in [-0.39, 0.29) is 34.4 Å². The van der Waals surface area contributed by atoms with Crippen LogP contribution < -0.4 is 18.9 Å². The van der Waals surface area contributed by atoms with Crippen LogP contribution in [-0.2, 0) is 0 Å². The minimum absolute atomic E-state index is 0. The van der Waals surface area contributed by atoms with Crippen LogP contribution in [0.15, 0.2) is 0 Å². The Bertz CT molecular complexity index is 34.5. The molecule has 0 nitrogen and oxygen atoms in total. The normalized spacial score (nSPS) is 7.88. The van der Waals surface area contributed by atoms with Gasteiger partial charge in [-0.15, -0.1) is 0 Å². The molecule has 0 heterocycles. The molecular weight excluding hydrogens is 106 g/mol. The monoisotopic (exact) mass is 122 g/mol. The number of rotatable bonds is 3. The third kappa shape index (κ3) is 5.27. The topological polar surface area (TPSA) is 0 Å². The molecule has 0 rings (SSSR count). The molecule has 0 bridgehead atoms. The van der Waals surface area contributed by atoms with E-state index in [9.17, 15) is 0 Å². The van der Waals surface area contributed by atoms with E-state index in [1.807, 2.05) is 0 Å². The molecule has 0 atom stereocenters. The molecule has 0 aliphatic heterocycles. The number of hydrogen-bond acceptors (Lipinski definition) is 0. The zero-order valence-electron chi connectivity index (χ0n) is 7.70. The predicted molar refractivity (Wildman–Crippen MR) is 38.3 cm³/mol. The fraction of sp³-hybridized carbons (Fsp3) is 1.00. The van der Waals surface area contributed by atoms with Crippen LogP contribution in [0.25, 0.3) is 0 Å². The zero-order chi connectivity index (χ0) is 5.70. The van der Waals surface area contributed by atoms with Crippen LogP contribution in [0.3, 0.4) is 0 Å². The summed E-state index contributed by atoms with van der Waals surface area (Å²) in [7, 11) is 0. The predicted octanol–water partition coefficient (Wildman–Crippen LogP) is -0.343. The van der Waals surface area contributed by atoms with Crippen molar-refractivity contribution in [3.8, 4) is 0 Å². The zero-order valence-corrected chi connectivity index (χ0v) is 7.85. The van der Waals surface area contributed by atoms with Crippen molar-refractivity contribution in [1.82, 2.24) is 0 Å². The average molecular weight is 122 g/mol. The quantitative estimate of drug-likeness (QED) is 0.449. The van der Waals surface area contributed by atoms with Crippen molar-refractivity contribution in [3.05, 3.63) is 0 Å². The fourth-order valence-electron chi connectivity index (χ4n) is 0.866. The van der Waals surface area contributed by atoms with Crippen molar-refractivity contribution in [1.29, 1.82) is 0 Å². The van der Waals surface area contributed by atoms with Gasteiger partial charge in [0.1, 0.15) is 0 Å². The molecule has 2 heteroatoms. The second-order valence-electron chi connectivity index (χ2n) is 2.09. The molecule has 0 aliphatic rings. The van der Waals surface area contributed by atoms with Gasteiger partial charge in [0.15, 0.2) is 0 Å². The summed E-state index contributed by atoms with van der Waals surface area (Å²) in [4.78, 5) is 0. The van der Waals surface area contributed by atoms with Crippen LogP contribution in [0.4, 0.5) is 0 Å². The van der Waals surface area contributed by atoms with Gasteiger partial charge in [-0.1, -0.05) is 36.6 Å². The Labute approximate surface area is 71.1 Å². The molecule has 0 saturated carbocycles.